The number of rotatable bonds is 6. The number of methoxy groups -OCH3 is 1. The molecule has 0 N–H and O–H groups in total. The van der Waals surface area contributed by atoms with Crippen molar-refractivity contribution in [3.8, 4) is 0 Å². The number of ketones is 1. The van der Waals surface area contributed by atoms with E-state index in [1.54, 1.807) is 26.2 Å². The second kappa shape index (κ2) is 6.43. The monoisotopic (exact) mass is 274 g/mol. The quantitative estimate of drug-likeness (QED) is 0.758. The molecule has 0 saturated heterocycles. The molecule has 1 heterocycles. The topological polar surface area (TPSA) is 65.2 Å². The lowest BCUT2D eigenvalue weighted by atomic mass is 9.99. The molecular formula is C15H18N2O3. The van der Waals surface area contributed by atoms with E-state index in [0.717, 1.165) is 0 Å². The van der Waals surface area contributed by atoms with Crippen molar-refractivity contribution in [3.05, 3.63) is 47.6 Å². The van der Waals surface area contributed by atoms with E-state index in [4.69, 9.17) is 9.26 Å². The van der Waals surface area contributed by atoms with Gasteiger partial charge in [-0.15, -0.1) is 0 Å². The summed E-state index contributed by atoms with van der Waals surface area (Å²) in [4.78, 5) is 16.5. The maximum absolute atomic E-state index is 12.3. The van der Waals surface area contributed by atoms with E-state index >= 15 is 0 Å². The van der Waals surface area contributed by atoms with Gasteiger partial charge in [-0.2, -0.15) is 4.98 Å². The maximum atomic E-state index is 12.3. The van der Waals surface area contributed by atoms with Gasteiger partial charge < -0.3 is 9.26 Å². The maximum Gasteiger partial charge on any atom is 0.237 e. The standard InChI is InChI=1S/C15H18N2O3/c1-10(19-3)9-13-16-15(20-17-13)11(2)14(18)12-7-5-4-6-8-12/h4-8,10-11H,9H2,1-3H3. The molecule has 1 aromatic carbocycles. The number of carbonyl (C=O) groups excluding carboxylic acids is 1. The van der Waals surface area contributed by atoms with Crippen LogP contribution in [0.2, 0.25) is 0 Å². The lowest BCUT2D eigenvalue weighted by molar-refractivity contribution is 0.0951. The number of carbonyl (C=O) groups is 1. The first-order valence-electron chi connectivity index (χ1n) is 6.56. The zero-order chi connectivity index (χ0) is 14.5. The number of Topliss-reactive ketones (excluding diaryl/α,β-unsaturated/α-hetero) is 1. The molecule has 0 amide bonds. The first-order chi connectivity index (χ1) is 9.61. The highest BCUT2D eigenvalue weighted by molar-refractivity contribution is 6.00. The molecule has 106 valence electrons. The number of benzene rings is 1. The van der Waals surface area contributed by atoms with E-state index in [2.05, 4.69) is 10.1 Å². The van der Waals surface area contributed by atoms with Gasteiger partial charge in [-0.05, 0) is 13.8 Å². The number of nitrogens with zero attached hydrogens (tertiary/aromatic N) is 2. The Hall–Kier alpha value is -2.01. The smallest absolute Gasteiger partial charge is 0.237 e. The van der Waals surface area contributed by atoms with Gasteiger partial charge in [0, 0.05) is 19.1 Å². The molecule has 2 atom stereocenters. The molecule has 2 unspecified atom stereocenters. The van der Waals surface area contributed by atoms with Gasteiger partial charge >= 0.3 is 0 Å². The van der Waals surface area contributed by atoms with Crippen LogP contribution >= 0.6 is 0 Å². The van der Waals surface area contributed by atoms with Gasteiger partial charge in [0.2, 0.25) is 5.89 Å². The molecule has 0 aliphatic rings. The highest BCUT2D eigenvalue weighted by Crippen LogP contribution is 2.19. The molecule has 2 rings (SSSR count). The third kappa shape index (κ3) is 3.30. The van der Waals surface area contributed by atoms with Gasteiger partial charge in [0.05, 0.1) is 12.0 Å². The average Bonchev–Trinajstić information content (AvgIpc) is 2.95. The van der Waals surface area contributed by atoms with E-state index in [1.807, 2.05) is 25.1 Å². The third-order valence-electron chi connectivity index (χ3n) is 3.18. The summed E-state index contributed by atoms with van der Waals surface area (Å²) in [5.74, 6) is 0.427. The zero-order valence-corrected chi connectivity index (χ0v) is 11.9. The van der Waals surface area contributed by atoms with Crippen molar-refractivity contribution < 1.29 is 14.1 Å². The Morgan fingerprint density at radius 2 is 2.00 bits per heavy atom. The summed E-state index contributed by atoms with van der Waals surface area (Å²) >= 11 is 0. The number of hydrogen-bond acceptors (Lipinski definition) is 5. The lowest BCUT2D eigenvalue weighted by Gasteiger charge is -2.05. The first-order valence-corrected chi connectivity index (χ1v) is 6.56. The van der Waals surface area contributed by atoms with Crippen LogP contribution in [0.1, 0.15) is 41.8 Å². The molecule has 5 heteroatoms. The molecular weight excluding hydrogens is 256 g/mol. The van der Waals surface area contributed by atoms with Gasteiger partial charge in [-0.3, -0.25) is 4.79 Å². The lowest BCUT2D eigenvalue weighted by Crippen LogP contribution is -2.11. The van der Waals surface area contributed by atoms with Crippen LogP contribution in [0.5, 0.6) is 0 Å². The van der Waals surface area contributed by atoms with Crippen molar-refractivity contribution in [2.24, 2.45) is 0 Å². The summed E-state index contributed by atoms with van der Waals surface area (Å²) < 4.78 is 10.3. The Morgan fingerprint density at radius 3 is 2.65 bits per heavy atom. The molecule has 5 nitrogen and oxygen atoms in total. The Labute approximate surface area is 118 Å². The van der Waals surface area contributed by atoms with Crippen LogP contribution in [-0.4, -0.2) is 29.1 Å². The fourth-order valence-corrected chi connectivity index (χ4v) is 1.83. The summed E-state index contributed by atoms with van der Waals surface area (Å²) in [5.41, 5.74) is 0.644. The van der Waals surface area contributed by atoms with Gasteiger partial charge in [-0.25, -0.2) is 0 Å². The summed E-state index contributed by atoms with van der Waals surface area (Å²) in [6.07, 6.45) is 0.576. The highest BCUT2D eigenvalue weighted by Gasteiger charge is 2.23. The van der Waals surface area contributed by atoms with E-state index < -0.39 is 5.92 Å². The van der Waals surface area contributed by atoms with Crippen LogP contribution in [-0.2, 0) is 11.2 Å². The fourth-order valence-electron chi connectivity index (χ4n) is 1.83. The van der Waals surface area contributed by atoms with E-state index in [9.17, 15) is 4.79 Å². The second-order valence-corrected chi connectivity index (χ2v) is 4.75. The summed E-state index contributed by atoms with van der Waals surface area (Å²) in [5, 5.41) is 3.88. The summed E-state index contributed by atoms with van der Waals surface area (Å²) in [7, 11) is 1.63. The molecule has 2 aromatic rings. The summed E-state index contributed by atoms with van der Waals surface area (Å²) in [6, 6.07) is 9.10. The minimum atomic E-state index is -0.448. The average molecular weight is 274 g/mol. The Balaban J connectivity index is 2.10. The number of hydrogen-bond donors (Lipinski definition) is 0. The predicted molar refractivity (Wildman–Crippen MR) is 73.7 cm³/mol. The zero-order valence-electron chi connectivity index (χ0n) is 11.9. The van der Waals surface area contributed by atoms with Crippen LogP contribution < -0.4 is 0 Å². The first kappa shape index (κ1) is 14.4. The second-order valence-electron chi connectivity index (χ2n) is 4.75. The minimum Gasteiger partial charge on any atom is -0.381 e. The molecule has 1 aromatic heterocycles. The highest BCUT2D eigenvalue weighted by atomic mass is 16.5. The molecule has 20 heavy (non-hydrogen) atoms. The van der Waals surface area contributed by atoms with Crippen LogP contribution in [0, 0.1) is 0 Å². The van der Waals surface area contributed by atoms with Crippen molar-refractivity contribution in [2.45, 2.75) is 32.3 Å². The number of aromatic nitrogens is 2. The van der Waals surface area contributed by atoms with Crippen molar-refractivity contribution in [1.82, 2.24) is 10.1 Å². The largest absolute Gasteiger partial charge is 0.381 e. The molecule has 0 radical (unpaired) electrons. The normalized spacial score (nSPS) is 13.9. The van der Waals surface area contributed by atoms with Gasteiger partial charge in [0.25, 0.3) is 0 Å². The molecule has 0 spiro atoms. The van der Waals surface area contributed by atoms with Crippen molar-refractivity contribution >= 4 is 5.78 Å². The number of ether oxygens (including phenoxy) is 1. The Bertz CT molecular complexity index is 566. The fraction of sp³-hybridized carbons (Fsp3) is 0.400. The molecule has 0 bridgehead atoms. The summed E-state index contributed by atoms with van der Waals surface area (Å²) in [6.45, 7) is 3.70. The Morgan fingerprint density at radius 1 is 1.30 bits per heavy atom. The SMILES string of the molecule is COC(C)Cc1noc(C(C)C(=O)c2ccccc2)n1. The Kier molecular flexibility index (Phi) is 4.63. The van der Waals surface area contributed by atoms with Crippen LogP contribution in [0.25, 0.3) is 0 Å². The van der Waals surface area contributed by atoms with Crippen molar-refractivity contribution in [3.63, 3.8) is 0 Å². The van der Waals surface area contributed by atoms with E-state index in [1.165, 1.54) is 0 Å². The molecule has 0 aliphatic heterocycles. The van der Waals surface area contributed by atoms with E-state index in [-0.39, 0.29) is 11.9 Å². The van der Waals surface area contributed by atoms with Crippen LogP contribution in [0.3, 0.4) is 0 Å². The van der Waals surface area contributed by atoms with Gasteiger partial charge in [-0.1, -0.05) is 35.5 Å². The molecule has 0 aliphatic carbocycles. The van der Waals surface area contributed by atoms with Crippen LogP contribution in [0.4, 0.5) is 0 Å². The molecule has 0 saturated carbocycles. The van der Waals surface area contributed by atoms with Crippen LogP contribution in [0.15, 0.2) is 34.9 Å². The van der Waals surface area contributed by atoms with Crippen molar-refractivity contribution in [1.29, 1.82) is 0 Å². The van der Waals surface area contributed by atoms with E-state index in [0.29, 0.717) is 23.7 Å². The third-order valence-corrected chi connectivity index (χ3v) is 3.18. The van der Waals surface area contributed by atoms with Crippen molar-refractivity contribution in [2.75, 3.05) is 7.11 Å². The van der Waals surface area contributed by atoms with Gasteiger partial charge in [0.15, 0.2) is 11.6 Å². The minimum absolute atomic E-state index is 0.0144. The molecule has 0 fully saturated rings. The predicted octanol–water partition coefficient (Wildman–Crippen LogP) is 2.63. The van der Waals surface area contributed by atoms with Gasteiger partial charge in [0.1, 0.15) is 0 Å².